The molecule has 0 saturated carbocycles. The number of aromatic amines is 1. The fourth-order valence-electron chi connectivity index (χ4n) is 2.16. The van der Waals surface area contributed by atoms with Gasteiger partial charge in [-0.3, -0.25) is 19.8 Å². The second-order valence-corrected chi connectivity index (χ2v) is 7.72. The van der Waals surface area contributed by atoms with Crippen molar-refractivity contribution >= 4 is 45.9 Å². The minimum Gasteiger partial charge on any atom is -0.297 e. The highest BCUT2D eigenvalue weighted by atomic mass is 32.1. The van der Waals surface area contributed by atoms with E-state index in [1.54, 1.807) is 6.08 Å². The lowest BCUT2D eigenvalue weighted by Crippen LogP contribution is -2.09. The first-order chi connectivity index (χ1) is 11.5. The zero-order valence-electron chi connectivity index (χ0n) is 13.1. The van der Waals surface area contributed by atoms with Crippen LogP contribution in [0.3, 0.4) is 0 Å². The first kappa shape index (κ1) is 16.7. The van der Waals surface area contributed by atoms with E-state index in [0.717, 1.165) is 15.4 Å². The van der Waals surface area contributed by atoms with Crippen molar-refractivity contribution in [1.29, 1.82) is 0 Å². The quantitative estimate of drug-likeness (QED) is 0.517. The maximum atomic E-state index is 12.3. The molecule has 9 heteroatoms. The first-order valence-corrected chi connectivity index (χ1v) is 9.15. The lowest BCUT2D eigenvalue weighted by Gasteiger charge is -2.01. The largest absolute Gasteiger partial charge is 0.297 e. The fourth-order valence-corrected chi connectivity index (χ4v) is 4.09. The zero-order chi connectivity index (χ0) is 17.3. The van der Waals surface area contributed by atoms with E-state index >= 15 is 0 Å². The van der Waals surface area contributed by atoms with Gasteiger partial charge in [0.2, 0.25) is 0 Å². The molecule has 0 unspecified atom stereocenters. The Morgan fingerprint density at radius 1 is 1.46 bits per heavy atom. The number of nitrogens with one attached hydrogen (secondary N) is 2. The summed E-state index contributed by atoms with van der Waals surface area (Å²) in [6.07, 6.45) is 1.76. The molecule has 0 bridgehead atoms. The molecule has 0 fully saturated rings. The van der Waals surface area contributed by atoms with Crippen LogP contribution in [0.1, 0.15) is 20.2 Å². The monoisotopic (exact) mass is 377 g/mol. The topological polar surface area (TPSA) is 75.6 Å². The highest BCUT2D eigenvalue weighted by Crippen LogP contribution is 2.32. The third-order valence-electron chi connectivity index (χ3n) is 3.25. The number of aryl methyl sites for hydroxylation is 2. The SMILES string of the molecule is C=CCn1c(-c2sc(NC(=O)c3ccc(C)s3)nc2C)n[nH]c1=S. The van der Waals surface area contributed by atoms with Crippen molar-refractivity contribution in [1.82, 2.24) is 19.7 Å². The minimum atomic E-state index is -0.154. The number of thiazole rings is 1. The van der Waals surface area contributed by atoms with Crippen molar-refractivity contribution in [2.24, 2.45) is 0 Å². The number of carbonyl (C=O) groups is 1. The number of amides is 1. The molecular formula is C15H15N5OS3. The molecule has 6 nitrogen and oxygen atoms in total. The predicted molar refractivity (Wildman–Crippen MR) is 100 cm³/mol. The van der Waals surface area contributed by atoms with Gasteiger partial charge in [0.25, 0.3) is 5.91 Å². The molecule has 3 aromatic rings. The number of anilines is 1. The third kappa shape index (κ3) is 3.23. The second-order valence-electron chi connectivity index (χ2n) is 5.05. The Morgan fingerprint density at radius 3 is 2.92 bits per heavy atom. The van der Waals surface area contributed by atoms with E-state index < -0.39 is 0 Å². The maximum absolute atomic E-state index is 12.3. The average Bonchev–Trinajstić information content (AvgIpc) is 3.21. The van der Waals surface area contributed by atoms with Gasteiger partial charge in [-0.2, -0.15) is 5.10 Å². The number of rotatable bonds is 5. The summed E-state index contributed by atoms with van der Waals surface area (Å²) in [5.74, 6) is 0.542. The van der Waals surface area contributed by atoms with E-state index in [9.17, 15) is 4.79 Å². The van der Waals surface area contributed by atoms with Gasteiger partial charge in [-0.1, -0.05) is 17.4 Å². The Bertz CT molecular complexity index is 962. The highest BCUT2D eigenvalue weighted by Gasteiger charge is 2.18. The number of carbonyl (C=O) groups excluding carboxylic acids is 1. The van der Waals surface area contributed by atoms with Gasteiger partial charge in [0.05, 0.1) is 15.4 Å². The molecule has 24 heavy (non-hydrogen) atoms. The Morgan fingerprint density at radius 2 is 2.25 bits per heavy atom. The van der Waals surface area contributed by atoms with E-state index in [2.05, 4.69) is 27.1 Å². The maximum Gasteiger partial charge on any atom is 0.267 e. The molecule has 124 valence electrons. The molecule has 0 spiro atoms. The Balaban J connectivity index is 1.89. The van der Waals surface area contributed by atoms with Crippen LogP contribution < -0.4 is 5.32 Å². The van der Waals surface area contributed by atoms with Gasteiger partial charge in [-0.15, -0.1) is 17.9 Å². The smallest absolute Gasteiger partial charge is 0.267 e. The highest BCUT2D eigenvalue weighted by molar-refractivity contribution is 7.71. The number of hydrogen-bond donors (Lipinski definition) is 2. The van der Waals surface area contributed by atoms with Crippen LogP contribution in [0.25, 0.3) is 10.7 Å². The number of thiophene rings is 1. The van der Waals surface area contributed by atoms with Gasteiger partial charge in [0.1, 0.15) is 0 Å². The molecule has 3 rings (SSSR count). The summed E-state index contributed by atoms with van der Waals surface area (Å²) in [6.45, 7) is 8.14. The first-order valence-electron chi connectivity index (χ1n) is 7.11. The van der Waals surface area contributed by atoms with Crippen LogP contribution in [-0.2, 0) is 6.54 Å². The van der Waals surface area contributed by atoms with Gasteiger partial charge in [-0.05, 0) is 38.2 Å². The Labute approximate surface area is 151 Å². The van der Waals surface area contributed by atoms with E-state index in [1.165, 1.54) is 22.7 Å². The number of hydrogen-bond acceptors (Lipinski definition) is 6. The van der Waals surface area contributed by atoms with Crippen LogP contribution in [-0.4, -0.2) is 25.7 Å². The van der Waals surface area contributed by atoms with Crippen molar-refractivity contribution in [2.45, 2.75) is 20.4 Å². The molecule has 0 atom stereocenters. The van der Waals surface area contributed by atoms with Gasteiger partial charge in [-0.25, -0.2) is 4.98 Å². The zero-order valence-corrected chi connectivity index (χ0v) is 15.6. The summed E-state index contributed by atoms with van der Waals surface area (Å²) in [4.78, 5) is 19.3. The molecule has 0 aliphatic rings. The van der Waals surface area contributed by atoms with E-state index in [0.29, 0.717) is 27.1 Å². The normalized spacial score (nSPS) is 10.8. The van der Waals surface area contributed by atoms with Gasteiger partial charge >= 0.3 is 0 Å². The van der Waals surface area contributed by atoms with Gasteiger partial charge < -0.3 is 0 Å². The Hall–Kier alpha value is -2.10. The molecule has 0 aromatic carbocycles. The molecule has 3 aromatic heterocycles. The summed E-state index contributed by atoms with van der Waals surface area (Å²) < 4.78 is 2.37. The minimum absolute atomic E-state index is 0.154. The molecule has 0 aliphatic heterocycles. The van der Waals surface area contributed by atoms with Crippen molar-refractivity contribution in [3.05, 3.63) is 45.0 Å². The summed E-state index contributed by atoms with van der Waals surface area (Å²) in [7, 11) is 0. The molecule has 0 saturated heterocycles. The van der Waals surface area contributed by atoms with Crippen LogP contribution in [0.2, 0.25) is 0 Å². The van der Waals surface area contributed by atoms with Crippen LogP contribution in [0.5, 0.6) is 0 Å². The Kier molecular flexibility index (Phi) is 4.74. The molecule has 2 N–H and O–H groups in total. The van der Waals surface area contributed by atoms with Crippen molar-refractivity contribution in [3.63, 3.8) is 0 Å². The summed E-state index contributed by atoms with van der Waals surface area (Å²) >= 11 is 8.06. The van der Waals surface area contributed by atoms with Crippen LogP contribution in [0, 0.1) is 18.6 Å². The van der Waals surface area contributed by atoms with Gasteiger partial charge in [0.15, 0.2) is 15.7 Å². The lowest BCUT2D eigenvalue weighted by atomic mass is 10.3. The summed E-state index contributed by atoms with van der Waals surface area (Å²) in [5.41, 5.74) is 0.789. The molecule has 0 radical (unpaired) electrons. The summed E-state index contributed by atoms with van der Waals surface area (Å²) in [6, 6.07) is 3.73. The van der Waals surface area contributed by atoms with Crippen molar-refractivity contribution < 1.29 is 4.79 Å². The van der Waals surface area contributed by atoms with Crippen LogP contribution >= 0.6 is 34.9 Å². The van der Waals surface area contributed by atoms with Crippen molar-refractivity contribution in [3.8, 4) is 10.7 Å². The van der Waals surface area contributed by atoms with Gasteiger partial charge in [0, 0.05) is 11.4 Å². The van der Waals surface area contributed by atoms with Crippen molar-refractivity contribution in [2.75, 3.05) is 5.32 Å². The second kappa shape index (κ2) is 6.80. The van der Waals surface area contributed by atoms with E-state index in [4.69, 9.17) is 12.2 Å². The summed E-state index contributed by atoms with van der Waals surface area (Å²) in [5, 5.41) is 10.5. The van der Waals surface area contributed by atoms with E-state index in [-0.39, 0.29) is 5.91 Å². The predicted octanol–water partition coefficient (Wildman–Crippen LogP) is 4.18. The van der Waals surface area contributed by atoms with E-state index in [1.807, 2.05) is 30.5 Å². The standard InChI is InChI=1S/C15H15N5OS3/c1-4-7-20-12(18-19-15(20)22)11-9(3)16-14(24-11)17-13(21)10-6-5-8(2)23-10/h4-6H,1,7H2,2-3H3,(H,19,22)(H,16,17,21). The number of H-pyrrole nitrogens is 1. The number of allylic oxidation sites excluding steroid dienone is 1. The lowest BCUT2D eigenvalue weighted by molar-refractivity contribution is 0.103. The van der Waals surface area contributed by atoms with Crippen LogP contribution in [0.15, 0.2) is 24.8 Å². The fraction of sp³-hybridized carbons (Fsp3) is 0.200. The third-order valence-corrected chi connectivity index (χ3v) is 5.63. The molecular weight excluding hydrogens is 362 g/mol. The molecule has 3 heterocycles. The average molecular weight is 378 g/mol. The number of nitrogens with zero attached hydrogens (tertiary/aromatic N) is 3. The molecule has 0 aliphatic carbocycles. The number of aromatic nitrogens is 4. The molecule has 1 amide bonds. The van der Waals surface area contributed by atoms with Crippen LogP contribution in [0.4, 0.5) is 5.13 Å².